The number of carbonyl (C=O) groups is 2. The third kappa shape index (κ3) is 15.7. The quantitative estimate of drug-likeness (QED) is 0.0195. The summed E-state index contributed by atoms with van der Waals surface area (Å²) in [4.78, 5) is 23.7. The summed E-state index contributed by atoms with van der Waals surface area (Å²) in [6.07, 6.45) is 19.4. The summed E-state index contributed by atoms with van der Waals surface area (Å²) in [7, 11) is 0. The van der Waals surface area contributed by atoms with Gasteiger partial charge in [0.1, 0.15) is 26.4 Å². The first-order valence-electron chi connectivity index (χ1n) is 23.3. The van der Waals surface area contributed by atoms with Crippen molar-refractivity contribution in [3.8, 4) is 34.5 Å². The van der Waals surface area contributed by atoms with E-state index in [2.05, 4.69) is 53.0 Å². The molecule has 0 aliphatic heterocycles. The van der Waals surface area contributed by atoms with Crippen LogP contribution in [0.3, 0.4) is 0 Å². The average molecular weight is 857 g/mol. The summed E-state index contributed by atoms with van der Waals surface area (Å²) in [5.41, 5.74) is 0. The Morgan fingerprint density at radius 2 is 0.581 bits per heavy atom. The lowest BCUT2D eigenvalue weighted by Crippen LogP contribution is -2.11. The molecule has 4 aromatic rings. The van der Waals surface area contributed by atoms with Crippen LogP contribution >= 0.6 is 0 Å². The van der Waals surface area contributed by atoms with Crippen LogP contribution < -0.4 is 28.4 Å². The summed E-state index contributed by atoms with van der Waals surface area (Å²) in [6.45, 7) is 18.4. The summed E-state index contributed by atoms with van der Waals surface area (Å²) >= 11 is 0. The fourth-order valence-electron chi connectivity index (χ4n) is 7.24. The van der Waals surface area contributed by atoms with Crippen LogP contribution in [0.4, 0.5) is 0 Å². The van der Waals surface area contributed by atoms with Crippen LogP contribution in [0.15, 0.2) is 61.7 Å². The molecule has 10 heteroatoms. The molecular weight excluding hydrogens is 785 g/mol. The highest BCUT2D eigenvalue weighted by molar-refractivity contribution is 6.26. The maximum absolute atomic E-state index is 11.9. The maximum Gasteiger partial charge on any atom is 0.330 e. The highest BCUT2D eigenvalue weighted by Gasteiger charge is 2.21. The molecule has 0 radical (unpaired) electrons. The van der Waals surface area contributed by atoms with Crippen molar-refractivity contribution in [1.82, 2.24) is 0 Å². The monoisotopic (exact) mass is 857 g/mol. The van der Waals surface area contributed by atoms with Crippen LogP contribution in [0.1, 0.15) is 130 Å². The number of unbranched alkanes of at least 4 members (excludes halogenated alkanes) is 12. The maximum atomic E-state index is 11.9. The molecule has 0 spiro atoms. The van der Waals surface area contributed by atoms with Gasteiger partial charge in [0.05, 0.1) is 26.4 Å². The lowest BCUT2D eigenvalue weighted by atomic mass is 9.93. The molecule has 10 nitrogen and oxygen atoms in total. The average Bonchev–Trinajstić information content (AvgIpc) is 3.28. The zero-order valence-corrected chi connectivity index (χ0v) is 38.1. The van der Waals surface area contributed by atoms with Gasteiger partial charge in [0.2, 0.25) is 0 Å². The number of carbonyl (C=O) groups excluding carboxylic acids is 2. The fourth-order valence-corrected chi connectivity index (χ4v) is 7.24. The summed E-state index contributed by atoms with van der Waals surface area (Å²) in [5, 5.41) is 5.59. The molecule has 0 aromatic heterocycles. The van der Waals surface area contributed by atoms with E-state index in [9.17, 15) is 9.59 Å². The van der Waals surface area contributed by atoms with Crippen molar-refractivity contribution in [2.45, 2.75) is 130 Å². The molecule has 0 saturated carbocycles. The van der Waals surface area contributed by atoms with Gasteiger partial charge in [-0.3, -0.25) is 0 Å². The third-order valence-electron chi connectivity index (χ3n) is 10.6. The standard InChI is InChI=1S/C52H72O10/c1-7-13-17-21-25-55-45-33-39-40(34-46(45)56-26-22-18-14-8-2)44-38-50(60-30-32-62-52(54)12-6)48(58-28-24-20-16-10-4)36-42(44)41-35-47(57-27-23-19-15-9-3)49(37-43(39)41)59-29-31-61-51(53)11-5/h11-12,33-38H,5-10,13-32H2,1-4H3. The van der Waals surface area contributed by atoms with Gasteiger partial charge in [-0.2, -0.15) is 0 Å². The molecule has 340 valence electrons. The number of esters is 2. The van der Waals surface area contributed by atoms with Crippen molar-refractivity contribution < 1.29 is 47.5 Å². The number of hydrogen-bond acceptors (Lipinski definition) is 10. The van der Waals surface area contributed by atoms with Gasteiger partial charge in [0.25, 0.3) is 0 Å². The van der Waals surface area contributed by atoms with Crippen LogP contribution in [0.25, 0.3) is 32.3 Å². The fraction of sp³-hybridized carbons (Fsp3) is 0.538. The number of rotatable bonds is 34. The Balaban J connectivity index is 1.97. The molecule has 0 aliphatic rings. The van der Waals surface area contributed by atoms with E-state index >= 15 is 0 Å². The van der Waals surface area contributed by atoms with Crippen molar-refractivity contribution in [1.29, 1.82) is 0 Å². The first-order chi connectivity index (χ1) is 30.4. The minimum absolute atomic E-state index is 0.0563. The molecule has 0 amide bonds. The van der Waals surface area contributed by atoms with E-state index in [1.54, 1.807) is 0 Å². The molecule has 0 atom stereocenters. The summed E-state index contributed by atoms with van der Waals surface area (Å²) < 4.78 is 49.4. The molecule has 0 fully saturated rings. The van der Waals surface area contributed by atoms with Crippen LogP contribution in [-0.4, -0.2) is 64.8 Å². The lowest BCUT2D eigenvalue weighted by molar-refractivity contribution is -0.139. The molecule has 0 saturated heterocycles. The largest absolute Gasteiger partial charge is 0.490 e. The Bertz CT molecular complexity index is 1840. The van der Waals surface area contributed by atoms with Gasteiger partial charge in [-0.05, 0) is 94.4 Å². The molecule has 0 aliphatic carbocycles. The molecule has 0 N–H and O–H groups in total. The van der Waals surface area contributed by atoms with Gasteiger partial charge >= 0.3 is 11.9 Å². The highest BCUT2D eigenvalue weighted by Crippen LogP contribution is 2.47. The second kappa shape index (κ2) is 28.5. The minimum Gasteiger partial charge on any atom is -0.490 e. The Morgan fingerprint density at radius 1 is 0.355 bits per heavy atom. The molecular formula is C52H72O10. The number of benzene rings is 4. The van der Waals surface area contributed by atoms with Crippen LogP contribution in [-0.2, 0) is 19.1 Å². The topological polar surface area (TPSA) is 108 Å². The van der Waals surface area contributed by atoms with Crippen molar-refractivity contribution in [3.63, 3.8) is 0 Å². The Hall–Kier alpha value is -5.12. The van der Waals surface area contributed by atoms with Crippen LogP contribution in [0, 0.1) is 0 Å². The number of fused-ring (bicyclic) bond motifs is 6. The van der Waals surface area contributed by atoms with E-state index in [-0.39, 0.29) is 26.4 Å². The van der Waals surface area contributed by atoms with E-state index in [0.717, 1.165) is 147 Å². The normalized spacial score (nSPS) is 11.1. The van der Waals surface area contributed by atoms with Crippen LogP contribution in [0.5, 0.6) is 34.5 Å². The van der Waals surface area contributed by atoms with Gasteiger partial charge in [-0.15, -0.1) is 0 Å². The van der Waals surface area contributed by atoms with Crippen molar-refractivity contribution >= 4 is 44.3 Å². The van der Waals surface area contributed by atoms with E-state index in [1.807, 2.05) is 24.3 Å². The lowest BCUT2D eigenvalue weighted by Gasteiger charge is -2.21. The van der Waals surface area contributed by atoms with Crippen molar-refractivity contribution in [2.24, 2.45) is 0 Å². The Morgan fingerprint density at radius 3 is 0.790 bits per heavy atom. The Labute approximate surface area is 370 Å². The van der Waals surface area contributed by atoms with Gasteiger partial charge in [-0.1, -0.05) is 118 Å². The molecule has 62 heavy (non-hydrogen) atoms. The predicted molar refractivity (Wildman–Crippen MR) is 251 cm³/mol. The summed E-state index contributed by atoms with van der Waals surface area (Å²) in [6, 6.07) is 12.3. The molecule has 4 aromatic carbocycles. The highest BCUT2D eigenvalue weighted by atomic mass is 16.6. The van der Waals surface area contributed by atoms with Gasteiger partial charge in [0.15, 0.2) is 34.5 Å². The van der Waals surface area contributed by atoms with Gasteiger partial charge in [0, 0.05) is 12.2 Å². The van der Waals surface area contributed by atoms with E-state index in [4.69, 9.17) is 37.9 Å². The molecule has 4 rings (SSSR count). The van der Waals surface area contributed by atoms with E-state index < -0.39 is 11.9 Å². The SMILES string of the molecule is C=CC(=O)OCCOc1cc2c3cc(OCCCCCC)c(OCCCCCC)cc3c3cc(OCCOC(=O)C=C)c(OCCCCCC)cc3c2cc1OCCCCCC. The number of hydrogen-bond donors (Lipinski definition) is 0. The zero-order chi connectivity index (χ0) is 44.4. The minimum atomic E-state index is -0.507. The second-order valence-corrected chi connectivity index (χ2v) is 15.6. The van der Waals surface area contributed by atoms with Crippen molar-refractivity contribution in [2.75, 3.05) is 52.9 Å². The summed E-state index contributed by atoms with van der Waals surface area (Å²) in [5.74, 6) is 2.64. The predicted octanol–water partition coefficient (Wildman–Crippen LogP) is 13.2. The molecule has 0 heterocycles. The first-order valence-corrected chi connectivity index (χ1v) is 23.3. The Kier molecular flexibility index (Phi) is 22.7. The zero-order valence-electron chi connectivity index (χ0n) is 38.1. The molecule has 0 bridgehead atoms. The smallest absolute Gasteiger partial charge is 0.330 e. The van der Waals surface area contributed by atoms with Gasteiger partial charge < -0.3 is 37.9 Å². The van der Waals surface area contributed by atoms with E-state index in [1.165, 1.54) is 0 Å². The number of ether oxygens (including phenoxy) is 8. The first kappa shape index (κ1) is 49.5. The van der Waals surface area contributed by atoms with Crippen molar-refractivity contribution in [3.05, 3.63) is 61.7 Å². The van der Waals surface area contributed by atoms with E-state index in [0.29, 0.717) is 60.9 Å². The third-order valence-corrected chi connectivity index (χ3v) is 10.6. The van der Waals surface area contributed by atoms with Gasteiger partial charge in [-0.25, -0.2) is 9.59 Å². The van der Waals surface area contributed by atoms with Crippen LogP contribution in [0.2, 0.25) is 0 Å². The molecule has 0 unspecified atom stereocenters. The second-order valence-electron chi connectivity index (χ2n) is 15.6.